The number of anilines is 1. The molecule has 0 heterocycles. The average Bonchev–Trinajstić information content (AvgIpc) is 2.29. The van der Waals surface area contributed by atoms with E-state index in [2.05, 4.69) is 21.2 Å². The minimum absolute atomic E-state index is 0.00644. The summed E-state index contributed by atoms with van der Waals surface area (Å²) in [6, 6.07) is 6.89. The van der Waals surface area contributed by atoms with Gasteiger partial charge < -0.3 is 9.84 Å². The first kappa shape index (κ1) is 16.5. The molecular formula is C14H17BrN2O3. The van der Waals surface area contributed by atoms with Crippen LogP contribution in [0.2, 0.25) is 0 Å². The summed E-state index contributed by atoms with van der Waals surface area (Å²) in [5, 5.41) is 21.0. The molecular weight excluding hydrogens is 324 g/mol. The number of nitriles is 1. The molecule has 0 aliphatic carbocycles. The normalized spacial score (nSPS) is 12.4. The van der Waals surface area contributed by atoms with Crippen LogP contribution in [0.3, 0.4) is 0 Å². The summed E-state index contributed by atoms with van der Waals surface area (Å²) in [6.07, 6.45) is -1.47. The molecule has 6 heteroatoms. The van der Waals surface area contributed by atoms with Crippen molar-refractivity contribution >= 4 is 27.7 Å². The maximum atomic E-state index is 11.7. The topological polar surface area (TPSA) is 82.3 Å². The van der Waals surface area contributed by atoms with Crippen molar-refractivity contribution in [3.05, 3.63) is 28.2 Å². The second kappa shape index (κ2) is 6.73. The fourth-order valence-corrected chi connectivity index (χ4v) is 1.81. The van der Waals surface area contributed by atoms with E-state index in [-0.39, 0.29) is 6.42 Å². The van der Waals surface area contributed by atoms with Crippen LogP contribution in [0, 0.1) is 11.3 Å². The highest BCUT2D eigenvalue weighted by Crippen LogP contribution is 2.28. The van der Waals surface area contributed by atoms with Crippen LogP contribution in [-0.2, 0) is 4.74 Å². The number of nitrogens with one attached hydrogen (secondary N) is 1. The standard InChI is InChI=1S/C14H17BrN2O3/c1-14(2,3)20-13(19)17-11-8-9(4-5-10(11)15)12(18)6-7-16/h4-5,8,12,18H,6H2,1-3H3,(H,17,19). The number of nitrogens with zero attached hydrogens (tertiary/aromatic N) is 1. The van der Waals surface area contributed by atoms with Gasteiger partial charge in [0, 0.05) is 4.47 Å². The highest BCUT2D eigenvalue weighted by atomic mass is 79.9. The molecule has 1 unspecified atom stereocenters. The monoisotopic (exact) mass is 340 g/mol. The number of benzene rings is 1. The number of carbonyl (C=O) groups is 1. The maximum Gasteiger partial charge on any atom is 0.412 e. The van der Waals surface area contributed by atoms with E-state index in [0.29, 0.717) is 15.7 Å². The van der Waals surface area contributed by atoms with E-state index in [1.807, 2.05) is 6.07 Å². The van der Waals surface area contributed by atoms with Crippen molar-refractivity contribution in [3.63, 3.8) is 0 Å². The van der Waals surface area contributed by atoms with Crippen molar-refractivity contribution < 1.29 is 14.6 Å². The summed E-state index contributed by atoms with van der Waals surface area (Å²) in [6.45, 7) is 5.32. The van der Waals surface area contributed by atoms with E-state index in [1.54, 1.807) is 39.0 Å². The van der Waals surface area contributed by atoms with Crippen molar-refractivity contribution in [1.82, 2.24) is 0 Å². The van der Waals surface area contributed by atoms with Crippen LogP contribution in [0.25, 0.3) is 0 Å². The number of ether oxygens (including phenoxy) is 1. The van der Waals surface area contributed by atoms with Crippen molar-refractivity contribution in [2.75, 3.05) is 5.32 Å². The van der Waals surface area contributed by atoms with E-state index in [1.165, 1.54) is 0 Å². The van der Waals surface area contributed by atoms with Crippen LogP contribution >= 0.6 is 15.9 Å². The zero-order chi connectivity index (χ0) is 15.3. The summed E-state index contributed by atoms with van der Waals surface area (Å²) < 4.78 is 5.82. The summed E-state index contributed by atoms with van der Waals surface area (Å²) in [5.74, 6) is 0. The third kappa shape index (κ3) is 5.19. The highest BCUT2D eigenvalue weighted by Gasteiger charge is 2.17. The molecule has 0 aliphatic heterocycles. The number of aliphatic hydroxyl groups excluding tert-OH is 1. The molecule has 0 aromatic heterocycles. The number of hydrogen-bond acceptors (Lipinski definition) is 4. The fourth-order valence-electron chi connectivity index (χ4n) is 1.46. The summed E-state index contributed by atoms with van der Waals surface area (Å²) >= 11 is 3.31. The molecule has 0 saturated heterocycles. The van der Waals surface area contributed by atoms with Crippen LogP contribution in [0.5, 0.6) is 0 Å². The number of carbonyl (C=O) groups excluding carboxylic acids is 1. The molecule has 0 aliphatic rings. The Morgan fingerprint density at radius 3 is 2.75 bits per heavy atom. The van der Waals surface area contributed by atoms with Gasteiger partial charge in [0.25, 0.3) is 0 Å². The van der Waals surface area contributed by atoms with E-state index < -0.39 is 17.8 Å². The maximum absolute atomic E-state index is 11.7. The van der Waals surface area contributed by atoms with Gasteiger partial charge in [-0.1, -0.05) is 6.07 Å². The Bertz CT molecular complexity index is 532. The predicted octanol–water partition coefficient (Wildman–Crippen LogP) is 3.74. The zero-order valence-electron chi connectivity index (χ0n) is 11.6. The van der Waals surface area contributed by atoms with Crippen molar-refractivity contribution in [2.45, 2.75) is 38.9 Å². The van der Waals surface area contributed by atoms with Gasteiger partial charge in [-0.15, -0.1) is 0 Å². The molecule has 0 radical (unpaired) electrons. The van der Waals surface area contributed by atoms with Gasteiger partial charge in [-0.2, -0.15) is 5.26 Å². The van der Waals surface area contributed by atoms with Gasteiger partial charge in [-0.3, -0.25) is 5.32 Å². The largest absolute Gasteiger partial charge is 0.444 e. The smallest absolute Gasteiger partial charge is 0.412 e. The second-order valence-corrected chi connectivity index (χ2v) is 6.10. The first-order valence-corrected chi connectivity index (χ1v) is 6.86. The molecule has 0 saturated carbocycles. The Hall–Kier alpha value is -1.58. The number of hydrogen-bond donors (Lipinski definition) is 2. The molecule has 1 amide bonds. The number of halogens is 1. The lowest BCUT2D eigenvalue weighted by Crippen LogP contribution is -2.27. The molecule has 1 aromatic carbocycles. The van der Waals surface area contributed by atoms with E-state index in [0.717, 1.165) is 0 Å². The SMILES string of the molecule is CC(C)(C)OC(=O)Nc1cc(C(O)CC#N)ccc1Br. The summed E-state index contributed by atoms with van der Waals surface area (Å²) in [7, 11) is 0. The van der Waals surface area contributed by atoms with Crippen LogP contribution < -0.4 is 5.32 Å². The lowest BCUT2D eigenvalue weighted by Gasteiger charge is -2.20. The molecule has 108 valence electrons. The number of aliphatic hydroxyl groups is 1. The Labute approximate surface area is 126 Å². The zero-order valence-corrected chi connectivity index (χ0v) is 13.2. The predicted molar refractivity (Wildman–Crippen MR) is 79.2 cm³/mol. The first-order chi connectivity index (χ1) is 9.23. The third-order valence-electron chi connectivity index (χ3n) is 2.30. The van der Waals surface area contributed by atoms with Gasteiger partial charge in [-0.05, 0) is 54.4 Å². The molecule has 2 N–H and O–H groups in total. The molecule has 20 heavy (non-hydrogen) atoms. The Morgan fingerprint density at radius 2 is 2.20 bits per heavy atom. The minimum atomic E-state index is -0.882. The minimum Gasteiger partial charge on any atom is -0.444 e. The van der Waals surface area contributed by atoms with E-state index >= 15 is 0 Å². The van der Waals surface area contributed by atoms with E-state index in [9.17, 15) is 9.90 Å². The van der Waals surface area contributed by atoms with Crippen molar-refractivity contribution in [3.8, 4) is 6.07 Å². The van der Waals surface area contributed by atoms with Gasteiger partial charge in [-0.25, -0.2) is 4.79 Å². The van der Waals surface area contributed by atoms with Gasteiger partial charge in [0.1, 0.15) is 5.60 Å². The molecule has 1 rings (SSSR count). The second-order valence-electron chi connectivity index (χ2n) is 5.24. The summed E-state index contributed by atoms with van der Waals surface area (Å²) in [4.78, 5) is 11.7. The van der Waals surface area contributed by atoms with Gasteiger partial charge in [0.15, 0.2) is 0 Å². The lowest BCUT2D eigenvalue weighted by molar-refractivity contribution is 0.0635. The van der Waals surface area contributed by atoms with Crippen molar-refractivity contribution in [2.24, 2.45) is 0 Å². The van der Waals surface area contributed by atoms with Crippen LogP contribution in [0.15, 0.2) is 22.7 Å². The van der Waals surface area contributed by atoms with Crippen LogP contribution in [0.4, 0.5) is 10.5 Å². The molecule has 0 fully saturated rings. The van der Waals surface area contributed by atoms with Gasteiger partial charge in [0.05, 0.1) is 24.3 Å². The van der Waals surface area contributed by atoms with Crippen LogP contribution in [-0.4, -0.2) is 16.8 Å². The fraction of sp³-hybridized carbons (Fsp3) is 0.429. The highest BCUT2D eigenvalue weighted by molar-refractivity contribution is 9.10. The number of amides is 1. The Morgan fingerprint density at radius 1 is 1.55 bits per heavy atom. The Kier molecular flexibility index (Phi) is 5.54. The lowest BCUT2D eigenvalue weighted by atomic mass is 10.1. The molecule has 0 bridgehead atoms. The molecule has 5 nitrogen and oxygen atoms in total. The average molecular weight is 341 g/mol. The first-order valence-electron chi connectivity index (χ1n) is 6.07. The van der Waals surface area contributed by atoms with Gasteiger partial charge >= 0.3 is 6.09 Å². The number of rotatable bonds is 3. The summed E-state index contributed by atoms with van der Waals surface area (Å²) in [5.41, 5.74) is 0.448. The molecule has 1 atom stereocenters. The molecule has 0 spiro atoms. The third-order valence-corrected chi connectivity index (χ3v) is 2.99. The quantitative estimate of drug-likeness (QED) is 0.877. The van der Waals surface area contributed by atoms with Crippen molar-refractivity contribution in [1.29, 1.82) is 5.26 Å². The van der Waals surface area contributed by atoms with Gasteiger partial charge in [0.2, 0.25) is 0 Å². The van der Waals surface area contributed by atoms with E-state index in [4.69, 9.17) is 10.00 Å². The Balaban J connectivity index is 2.87. The molecule has 1 aromatic rings. The van der Waals surface area contributed by atoms with Crippen LogP contribution in [0.1, 0.15) is 38.9 Å².